The van der Waals surface area contributed by atoms with Crippen LogP contribution in [0.15, 0.2) is 0 Å². The van der Waals surface area contributed by atoms with Gasteiger partial charge in [0.1, 0.15) is 0 Å². The maximum Gasteiger partial charge on any atom is 0.767 e. The standard InChI is InChI=1S/C10H22O3Si/c1-5-9(6-2)12-14(11)13-10(7-3)8-4/h9-10H,5-8H2,1-4H3. The average molecular weight is 218 g/mol. The molecule has 0 fully saturated rings. The van der Waals surface area contributed by atoms with Crippen molar-refractivity contribution >= 4 is 9.17 Å². The predicted molar refractivity (Wildman–Crippen MR) is 57.4 cm³/mol. The maximum absolute atomic E-state index is 11.4. The van der Waals surface area contributed by atoms with Crippen LogP contribution in [0.2, 0.25) is 0 Å². The summed E-state index contributed by atoms with van der Waals surface area (Å²) in [5.74, 6) is 0. The van der Waals surface area contributed by atoms with Gasteiger partial charge in [0.2, 0.25) is 0 Å². The summed E-state index contributed by atoms with van der Waals surface area (Å²) in [5, 5.41) is 0. The Bertz CT molecular complexity index is 137. The third-order valence-electron chi connectivity index (χ3n) is 2.35. The molecule has 0 atom stereocenters. The molecular formula is C10H22O3Si. The second kappa shape index (κ2) is 7.97. The van der Waals surface area contributed by atoms with Crippen molar-refractivity contribution in [2.24, 2.45) is 0 Å². The maximum atomic E-state index is 11.4. The van der Waals surface area contributed by atoms with E-state index in [1.165, 1.54) is 0 Å². The van der Waals surface area contributed by atoms with Gasteiger partial charge in [-0.3, -0.25) is 4.46 Å². The van der Waals surface area contributed by atoms with Gasteiger partial charge in [0, 0.05) is 0 Å². The van der Waals surface area contributed by atoms with E-state index in [1.807, 2.05) is 27.7 Å². The Balaban J connectivity index is 3.83. The van der Waals surface area contributed by atoms with Gasteiger partial charge < -0.3 is 8.85 Å². The molecule has 0 rings (SSSR count). The van der Waals surface area contributed by atoms with Crippen LogP contribution in [0.5, 0.6) is 0 Å². The molecule has 0 aliphatic rings. The van der Waals surface area contributed by atoms with E-state index in [9.17, 15) is 4.46 Å². The first kappa shape index (κ1) is 13.6. The summed E-state index contributed by atoms with van der Waals surface area (Å²) >= 11 is 0. The highest BCUT2D eigenvalue weighted by Crippen LogP contribution is 2.07. The van der Waals surface area contributed by atoms with E-state index in [-0.39, 0.29) is 12.2 Å². The van der Waals surface area contributed by atoms with Gasteiger partial charge in [-0.2, -0.15) is 0 Å². The third kappa shape index (κ3) is 5.37. The number of hydrogen-bond donors (Lipinski definition) is 0. The molecule has 14 heavy (non-hydrogen) atoms. The largest absolute Gasteiger partial charge is 0.767 e. The van der Waals surface area contributed by atoms with Crippen LogP contribution >= 0.6 is 0 Å². The Morgan fingerprint density at radius 3 is 1.36 bits per heavy atom. The summed E-state index contributed by atoms with van der Waals surface area (Å²) in [6.07, 6.45) is 3.71. The molecule has 0 spiro atoms. The van der Waals surface area contributed by atoms with Gasteiger partial charge in [0.25, 0.3) is 0 Å². The van der Waals surface area contributed by atoms with Gasteiger partial charge in [0.05, 0.1) is 12.2 Å². The fourth-order valence-electron chi connectivity index (χ4n) is 1.21. The monoisotopic (exact) mass is 218 g/mol. The van der Waals surface area contributed by atoms with Gasteiger partial charge in [-0.1, -0.05) is 27.7 Å². The Hall–Kier alpha value is -0.383. The SMILES string of the molecule is CCC(CC)O[Si](=O)OC(CC)CC. The second-order valence-electron chi connectivity index (χ2n) is 3.36. The highest BCUT2D eigenvalue weighted by Gasteiger charge is 2.19. The van der Waals surface area contributed by atoms with Crippen LogP contribution in [0.4, 0.5) is 0 Å². The van der Waals surface area contributed by atoms with E-state index in [4.69, 9.17) is 8.85 Å². The normalized spacial score (nSPS) is 10.7. The molecule has 84 valence electrons. The summed E-state index contributed by atoms with van der Waals surface area (Å²) < 4.78 is 22.1. The predicted octanol–water partition coefficient (Wildman–Crippen LogP) is 2.81. The minimum Gasteiger partial charge on any atom is -0.493 e. The summed E-state index contributed by atoms with van der Waals surface area (Å²) in [7, 11) is -2.29. The molecule has 0 amide bonds. The highest BCUT2D eigenvalue weighted by molar-refractivity contribution is 6.26. The van der Waals surface area contributed by atoms with Gasteiger partial charge in [-0.15, -0.1) is 0 Å². The van der Waals surface area contributed by atoms with Gasteiger partial charge in [0.15, 0.2) is 0 Å². The molecule has 0 aromatic carbocycles. The van der Waals surface area contributed by atoms with Crippen molar-refractivity contribution in [3.05, 3.63) is 0 Å². The molecule has 0 heterocycles. The van der Waals surface area contributed by atoms with Crippen LogP contribution < -0.4 is 0 Å². The summed E-state index contributed by atoms with van der Waals surface area (Å²) in [5.41, 5.74) is 0. The van der Waals surface area contributed by atoms with Crippen LogP contribution in [0.3, 0.4) is 0 Å². The fraction of sp³-hybridized carbons (Fsp3) is 1.00. The van der Waals surface area contributed by atoms with Gasteiger partial charge in [-0.05, 0) is 25.7 Å². The Labute approximate surface area is 88.7 Å². The van der Waals surface area contributed by atoms with Crippen LogP contribution in [-0.2, 0) is 13.3 Å². The molecule has 0 aliphatic carbocycles. The van der Waals surface area contributed by atoms with Crippen molar-refractivity contribution in [3.8, 4) is 0 Å². The second-order valence-corrected chi connectivity index (χ2v) is 4.33. The Kier molecular flexibility index (Phi) is 7.75. The van der Waals surface area contributed by atoms with Crippen molar-refractivity contribution in [2.45, 2.75) is 65.6 Å². The van der Waals surface area contributed by atoms with Crippen LogP contribution in [0, 0.1) is 0 Å². The average Bonchev–Trinajstić information content (AvgIpc) is 2.22. The first-order chi connectivity index (χ1) is 6.67. The number of rotatable bonds is 8. The van der Waals surface area contributed by atoms with E-state index < -0.39 is 9.17 Å². The molecule has 0 unspecified atom stereocenters. The molecule has 0 saturated heterocycles. The minimum atomic E-state index is -2.29. The van der Waals surface area contributed by atoms with E-state index >= 15 is 0 Å². The van der Waals surface area contributed by atoms with Crippen molar-refractivity contribution in [1.82, 2.24) is 0 Å². The van der Waals surface area contributed by atoms with E-state index in [0.29, 0.717) is 0 Å². The molecule has 3 nitrogen and oxygen atoms in total. The van der Waals surface area contributed by atoms with E-state index in [0.717, 1.165) is 25.7 Å². The first-order valence-electron chi connectivity index (χ1n) is 5.55. The zero-order chi connectivity index (χ0) is 11.0. The summed E-state index contributed by atoms with van der Waals surface area (Å²) in [4.78, 5) is 0. The Morgan fingerprint density at radius 1 is 0.857 bits per heavy atom. The van der Waals surface area contributed by atoms with Gasteiger partial charge in [-0.25, -0.2) is 0 Å². The van der Waals surface area contributed by atoms with Crippen molar-refractivity contribution in [3.63, 3.8) is 0 Å². The highest BCUT2D eigenvalue weighted by atomic mass is 28.3. The first-order valence-corrected chi connectivity index (χ1v) is 6.77. The van der Waals surface area contributed by atoms with Crippen LogP contribution in [-0.4, -0.2) is 21.4 Å². The molecule has 0 aliphatic heterocycles. The molecule has 0 radical (unpaired) electrons. The smallest absolute Gasteiger partial charge is 0.493 e. The number of hydrogen-bond acceptors (Lipinski definition) is 3. The molecule has 4 heteroatoms. The molecule has 0 N–H and O–H groups in total. The lowest BCUT2D eigenvalue weighted by molar-refractivity contribution is 0.0751. The van der Waals surface area contributed by atoms with E-state index in [1.54, 1.807) is 0 Å². The van der Waals surface area contributed by atoms with Crippen molar-refractivity contribution in [2.75, 3.05) is 0 Å². The molecular weight excluding hydrogens is 196 g/mol. The fourth-order valence-corrected chi connectivity index (χ4v) is 2.48. The lowest BCUT2D eigenvalue weighted by Crippen LogP contribution is -2.25. The van der Waals surface area contributed by atoms with Crippen molar-refractivity contribution < 1.29 is 13.3 Å². The summed E-state index contributed by atoms with van der Waals surface area (Å²) in [6.45, 7) is 8.11. The molecule has 0 saturated carbocycles. The third-order valence-corrected chi connectivity index (χ3v) is 3.40. The van der Waals surface area contributed by atoms with Crippen molar-refractivity contribution in [1.29, 1.82) is 0 Å². The Morgan fingerprint density at radius 2 is 1.14 bits per heavy atom. The quantitative estimate of drug-likeness (QED) is 0.588. The lowest BCUT2D eigenvalue weighted by atomic mass is 10.2. The van der Waals surface area contributed by atoms with Crippen LogP contribution in [0.25, 0.3) is 0 Å². The topological polar surface area (TPSA) is 35.5 Å². The molecule has 0 aromatic heterocycles. The van der Waals surface area contributed by atoms with Gasteiger partial charge >= 0.3 is 9.17 Å². The lowest BCUT2D eigenvalue weighted by Gasteiger charge is -2.17. The molecule has 0 aromatic rings. The molecule has 0 bridgehead atoms. The van der Waals surface area contributed by atoms with E-state index in [2.05, 4.69) is 0 Å². The van der Waals surface area contributed by atoms with Crippen LogP contribution in [0.1, 0.15) is 53.4 Å². The minimum absolute atomic E-state index is 0.0794. The zero-order valence-electron chi connectivity index (χ0n) is 9.71. The zero-order valence-corrected chi connectivity index (χ0v) is 10.7. The summed E-state index contributed by atoms with van der Waals surface area (Å²) in [6, 6.07) is 0.